The van der Waals surface area contributed by atoms with Crippen molar-refractivity contribution in [3.05, 3.63) is 42.2 Å². The largest absolute Gasteiger partial charge is 0.370 e. The summed E-state index contributed by atoms with van der Waals surface area (Å²) in [6.07, 6.45) is 3.89. The first-order valence-electron chi connectivity index (χ1n) is 6.67. The van der Waals surface area contributed by atoms with Gasteiger partial charge in [-0.25, -0.2) is 9.97 Å². The van der Waals surface area contributed by atoms with Crippen LogP contribution in [0.4, 0.5) is 17.3 Å². The zero-order valence-electron chi connectivity index (χ0n) is 11.5. The van der Waals surface area contributed by atoms with Crippen LogP contribution in [0.15, 0.2) is 36.7 Å². The number of nitrogens with one attached hydrogen (secondary N) is 2. The maximum atomic E-state index is 4.23. The summed E-state index contributed by atoms with van der Waals surface area (Å²) in [5.74, 6) is 1.67. The van der Waals surface area contributed by atoms with Crippen molar-refractivity contribution in [2.45, 2.75) is 26.7 Å². The maximum Gasteiger partial charge on any atom is 0.135 e. The summed E-state index contributed by atoms with van der Waals surface area (Å²) < 4.78 is 0. The Bertz CT molecular complexity index is 525. The predicted octanol–water partition coefficient (Wildman–Crippen LogP) is 3.74. The number of anilines is 3. The summed E-state index contributed by atoms with van der Waals surface area (Å²) in [5, 5.41) is 6.58. The molecular weight excluding hydrogens is 236 g/mol. The monoisotopic (exact) mass is 256 g/mol. The third-order valence-electron chi connectivity index (χ3n) is 2.79. The van der Waals surface area contributed by atoms with Crippen LogP contribution in [-0.4, -0.2) is 16.5 Å². The van der Waals surface area contributed by atoms with E-state index in [9.17, 15) is 0 Å². The van der Waals surface area contributed by atoms with Crippen molar-refractivity contribution in [1.29, 1.82) is 0 Å². The van der Waals surface area contributed by atoms with Gasteiger partial charge >= 0.3 is 0 Å². The second-order valence-electron chi connectivity index (χ2n) is 4.56. The Hall–Kier alpha value is -2.10. The lowest BCUT2D eigenvalue weighted by atomic mass is 10.2. The van der Waals surface area contributed by atoms with Gasteiger partial charge in [0.15, 0.2) is 0 Å². The molecule has 0 amide bonds. The third-order valence-corrected chi connectivity index (χ3v) is 2.79. The van der Waals surface area contributed by atoms with Crippen LogP contribution in [0, 0.1) is 6.92 Å². The van der Waals surface area contributed by atoms with E-state index in [4.69, 9.17) is 0 Å². The molecular formula is C15H20N4. The van der Waals surface area contributed by atoms with Crippen LogP contribution in [-0.2, 0) is 0 Å². The highest BCUT2D eigenvalue weighted by Gasteiger charge is 1.99. The van der Waals surface area contributed by atoms with Crippen LogP contribution >= 0.6 is 0 Å². The lowest BCUT2D eigenvalue weighted by Crippen LogP contribution is -2.04. The molecule has 2 N–H and O–H groups in total. The van der Waals surface area contributed by atoms with Gasteiger partial charge in [-0.2, -0.15) is 0 Å². The van der Waals surface area contributed by atoms with E-state index in [0.29, 0.717) is 0 Å². The molecule has 1 heterocycles. The summed E-state index contributed by atoms with van der Waals surface area (Å²) in [6.45, 7) is 5.19. The maximum absolute atomic E-state index is 4.23. The molecule has 0 saturated heterocycles. The number of hydrogen-bond acceptors (Lipinski definition) is 4. The fraction of sp³-hybridized carbons (Fsp3) is 0.333. The minimum absolute atomic E-state index is 0.805. The van der Waals surface area contributed by atoms with E-state index in [0.717, 1.165) is 30.3 Å². The molecule has 100 valence electrons. The molecule has 0 aliphatic carbocycles. The molecule has 0 aliphatic heterocycles. The van der Waals surface area contributed by atoms with Crippen LogP contribution in [0.2, 0.25) is 0 Å². The predicted molar refractivity (Wildman–Crippen MR) is 79.9 cm³/mol. The highest BCUT2D eigenvalue weighted by atomic mass is 15.1. The fourth-order valence-corrected chi connectivity index (χ4v) is 1.79. The summed E-state index contributed by atoms with van der Waals surface area (Å²) in [7, 11) is 0. The lowest BCUT2D eigenvalue weighted by molar-refractivity contribution is 0.830. The van der Waals surface area contributed by atoms with E-state index in [1.165, 1.54) is 12.0 Å². The lowest BCUT2D eigenvalue weighted by Gasteiger charge is -2.08. The normalized spacial score (nSPS) is 10.2. The van der Waals surface area contributed by atoms with Crippen LogP contribution in [0.3, 0.4) is 0 Å². The van der Waals surface area contributed by atoms with E-state index >= 15 is 0 Å². The Kier molecular flexibility index (Phi) is 4.72. The van der Waals surface area contributed by atoms with Crippen molar-refractivity contribution in [3.8, 4) is 0 Å². The van der Waals surface area contributed by atoms with E-state index in [1.54, 1.807) is 6.33 Å². The smallest absolute Gasteiger partial charge is 0.135 e. The zero-order valence-corrected chi connectivity index (χ0v) is 11.5. The van der Waals surface area contributed by atoms with E-state index in [1.807, 2.05) is 18.2 Å². The fourth-order valence-electron chi connectivity index (χ4n) is 1.79. The summed E-state index contributed by atoms with van der Waals surface area (Å²) in [4.78, 5) is 8.44. The zero-order chi connectivity index (χ0) is 13.5. The molecule has 0 aliphatic rings. The Morgan fingerprint density at radius 2 is 1.95 bits per heavy atom. The van der Waals surface area contributed by atoms with Crippen LogP contribution in [0.1, 0.15) is 25.3 Å². The Morgan fingerprint density at radius 1 is 1.11 bits per heavy atom. The van der Waals surface area contributed by atoms with Crippen molar-refractivity contribution >= 4 is 17.3 Å². The SMILES string of the molecule is CCCCNc1cc(Nc2cccc(C)c2)ncn1. The number of aromatic nitrogens is 2. The molecule has 0 atom stereocenters. The summed E-state index contributed by atoms with van der Waals surface area (Å²) >= 11 is 0. The first-order valence-corrected chi connectivity index (χ1v) is 6.67. The molecule has 4 heteroatoms. The molecule has 1 aromatic heterocycles. The molecule has 0 unspecified atom stereocenters. The molecule has 0 bridgehead atoms. The van der Waals surface area contributed by atoms with Crippen molar-refractivity contribution in [3.63, 3.8) is 0 Å². The van der Waals surface area contributed by atoms with Gasteiger partial charge in [-0.15, -0.1) is 0 Å². The number of benzene rings is 1. The van der Waals surface area contributed by atoms with Crippen molar-refractivity contribution in [2.75, 3.05) is 17.2 Å². The summed E-state index contributed by atoms with van der Waals surface area (Å²) in [5.41, 5.74) is 2.26. The third kappa shape index (κ3) is 4.25. The quantitative estimate of drug-likeness (QED) is 0.773. The van der Waals surface area contributed by atoms with Crippen LogP contribution in [0.5, 0.6) is 0 Å². The van der Waals surface area contributed by atoms with Gasteiger partial charge in [0.1, 0.15) is 18.0 Å². The number of nitrogens with zero attached hydrogens (tertiary/aromatic N) is 2. The average Bonchev–Trinajstić information content (AvgIpc) is 2.39. The number of rotatable bonds is 6. The van der Waals surface area contributed by atoms with Crippen molar-refractivity contribution in [1.82, 2.24) is 9.97 Å². The van der Waals surface area contributed by atoms with Gasteiger partial charge in [-0.3, -0.25) is 0 Å². The molecule has 0 spiro atoms. The highest BCUT2D eigenvalue weighted by molar-refractivity contribution is 5.59. The van der Waals surface area contributed by atoms with Crippen LogP contribution < -0.4 is 10.6 Å². The molecule has 1 aromatic carbocycles. The highest BCUT2D eigenvalue weighted by Crippen LogP contribution is 2.17. The molecule has 19 heavy (non-hydrogen) atoms. The molecule has 2 aromatic rings. The van der Waals surface area contributed by atoms with Gasteiger partial charge in [0.2, 0.25) is 0 Å². The second kappa shape index (κ2) is 6.73. The Morgan fingerprint density at radius 3 is 2.74 bits per heavy atom. The van der Waals surface area contributed by atoms with E-state index in [2.05, 4.69) is 46.6 Å². The Balaban J connectivity index is 2.02. The van der Waals surface area contributed by atoms with Gasteiger partial charge < -0.3 is 10.6 Å². The van der Waals surface area contributed by atoms with Gasteiger partial charge in [0, 0.05) is 18.3 Å². The van der Waals surface area contributed by atoms with Crippen molar-refractivity contribution < 1.29 is 0 Å². The first kappa shape index (κ1) is 13.3. The van der Waals surface area contributed by atoms with Gasteiger partial charge in [0.05, 0.1) is 0 Å². The van der Waals surface area contributed by atoms with Crippen LogP contribution in [0.25, 0.3) is 0 Å². The number of hydrogen-bond donors (Lipinski definition) is 2. The van der Waals surface area contributed by atoms with E-state index < -0.39 is 0 Å². The number of aryl methyl sites for hydroxylation is 1. The molecule has 2 rings (SSSR count). The Labute approximate surface area is 114 Å². The van der Waals surface area contributed by atoms with E-state index in [-0.39, 0.29) is 0 Å². The van der Waals surface area contributed by atoms with Crippen molar-refractivity contribution in [2.24, 2.45) is 0 Å². The molecule has 0 fully saturated rings. The standard InChI is InChI=1S/C15H20N4/c1-3-4-8-16-14-10-15(18-11-17-14)19-13-7-5-6-12(2)9-13/h5-7,9-11H,3-4,8H2,1-2H3,(H2,16,17,18,19). The van der Waals surface area contributed by atoms with Gasteiger partial charge in [-0.1, -0.05) is 25.5 Å². The molecule has 0 radical (unpaired) electrons. The van der Waals surface area contributed by atoms with Gasteiger partial charge in [0.25, 0.3) is 0 Å². The van der Waals surface area contributed by atoms with Gasteiger partial charge in [-0.05, 0) is 31.0 Å². The second-order valence-corrected chi connectivity index (χ2v) is 4.56. The average molecular weight is 256 g/mol. The minimum Gasteiger partial charge on any atom is -0.370 e. The topological polar surface area (TPSA) is 49.8 Å². The minimum atomic E-state index is 0.805. The molecule has 0 saturated carbocycles. The molecule has 4 nitrogen and oxygen atoms in total. The summed E-state index contributed by atoms with van der Waals surface area (Å²) in [6, 6.07) is 10.1. The number of unbranched alkanes of at least 4 members (excludes halogenated alkanes) is 1. The first-order chi connectivity index (χ1) is 9.28.